The third kappa shape index (κ3) is 4.69. The van der Waals surface area contributed by atoms with Crippen LogP contribution in [0.1, 0.15) is 47.1 Å². The van der Waals surface area contributed by atoms with E-state index in [-0.39, 0.29) is 11.8 Å². The van der Waals surface area contributed by atoms with Crippen molar-refractivity contribution in [2.24, 2.45) is 5.92 Å². The topological polar surface area (TPSA) is 58.2 Å². The van der Waals surface area contributed by atoms with E-state index in [1.165, 1.54) is 0 Å². The van der Waals surface area contributed by atoms with Crippen molar-refractivity contribution in [3.63, 3.8) is 0 Å². The first-order valence-electron chi connectivity index (χ1n) is 8.28. The van der Waals surface area contributed by atoms with E-state index in [1.54, 1.807) is 24.3 Å². The molecule has 0 aromatic heterocycles. The van der Waals surface area contributed by atoms with Crippen molar-refractivity contribution in [3.05, 3.63) is 65.2 Å². The van der Waals surface area contributed by atoms with Gasteiger partial charge in [-0.1, -0.05) is 39.0 Å². The predicted molar refractivity (Wildman–Crippen MR) is 97.4 cm³/mol. The highest BCUT2D eigenvalue weighted by Crippen LogP contribution is 2.17. The maximum Gasteiger partial charge on any atom is 0.255 e. The van der Waals surface area contributed by atoms with Crippen molar-refractivity contribution in [1.29, 1.82) is 0 Å². The summed E-state index contributed by atoms with van der Waals surface area (Å²) in [7, 11) is 0. The van der Waals surface area contributed by atoms with Crippen molar-refractivity contribution in [3.8, 4) is 0 Å². The second-order valence-corrected chi connectivity index (χ2v) is 6.15. The van der Waals surface area contributed by atoms with Gasteiger partial charge in [0.25, 0.3) is 11.8 Å². The third-order valence-electron chi connectivity index (χ3n) is 3.73. The molecule has 0 bridgehead atoms. The van der Waals surface area contributed by atoms with Gasteiger partial charge in [-0.25, -0.2) is 0 Å². The largest absolute Gasteiger partial charge is 0.352 e. The molecule has 0 atom stereocenters. The van der Waals surface area contributed by atoms with Gasteiger partial charge in [-0.05, 0) is 48.2 Å². The van der Waals surface area contributed by atoms with Gasteiger partial charge in [-0.3, -0.25) is 9.59 Å². The van der Waals surface area contributed by atoms with Crippen LogP contribution in [-0.2, 0) is 6.42 Å². The zero-order chi connectivity index (χ0) is 17.5. The molecule has 2 N–H and O–H groups in total. The minimum absolute atomic E-state index is 0.119. The number of aryl methyl sites for hydroxylation is 1. The predicted octanol–water partition coefficient (Wildman–Crippen LogP) is 3.89. The molecule has 0 aliphatic heterocycles. The Morgan fingerprint density at radius 1 is 0.917 bits per heavy atom. The van der Waals surface area contributed by atoms with Crippen molar-refractivity contribution in [1.82, 2.24) is 5.32 Å². The Morgan fingerprint density at radius 2 is 1.50 bits per heavy atom. The second-order valence-electron chi connectivity index (χ2n) is 6.15. The van der Waals surface area contributed by atoms with E-state index >= 15 is 0 Å². The molecule has 0 aliphatic rings. The smallest absolute Gasteiger partial charge is 0.255 e. The standard InChI is InChI=1S/C20H24N2O2/c1-4-15-7-5-6-8-18(15)22-20(24)17-11-9-16(10-12-17)19(23)21-13-14(2)3/h5-12,14H,4,13H2,1-3H3,(H,21,23)(H,22,24). The summed E-state index contributed by atoms with van der Waals surface area (Å²) in [6, 6.07) is 14.5. The first-order chi connectivity index (χ1) is 11.5. The molecule has 2 aromatic carbocycles. The van der Waals surface area contributed by atoms with Crippen molar-refractivity contribution in [2.75, 3.05) is 11.9 Å². The lowest BCUT2D eigenvalue weighted by atomic mass is 10.1. The van der Waals surface area contributed by atoms with E-state index in [0.29, 0.717) is 23.6 Å². The average molecular weight is 324 g/mol. The summed E-state index contributed by atoms with van der Waals surface area (Å²) in [5.41, 5.74) is 3.00. The molecule has 4 nitrogen and oxygen atoms in total. The summed E-state index contributed by atoms with van der Waals surface area (Å²) >= 11 is 0. The van der Waals surface area contributed by atoms with E-state index in [1.807, 2.05) is 38.1 Å². The minimum Gasteiger partial charge on any atom is -0.352 e. The molecule has 0 spiro atoms. The number of hydrogen-bond donors (Lipinski definition) is 2. The van der Waals surface area contributed by atoms with Gasteiger partial charge in [0.1, 0.15) is 0 Å². The first-order valence-corrected chi connectivity index (χ1v) is 8.28. The molecule has 2 rings (SSSR count). The van der Waals surface area contributed by atoms with E-state index in [2.05, 4.69) is 17.6 Å². The molecule has 24 heavy (non-hydrogen) atoms. The zero-order valence-corrected chi connectivity index (χ0v) is 14.4. The molecule has 0 aliphatic carbocycles. The van der Waals surface area contributed by atoms with Crippen LogP contribution in [0.3, 0.4) is 0 Å². The Morgan fingerprint density at radius 3 is 2.08 bits per heavy atom. The van der Waals surface area contributed by atoms with Crippen LogP contribution in [0.15, 0.2) is 48.5 Å². The summed E-state index contributed by atoms with van der Waals surface area (Å²) < 4.78 is 0. The van der Waals surface area contributed by atoms with Crippen molar-refractivity contribution >= 4 is 17.5 Å². The number of para-hydroxylation sites is 1. The average Bonchev–Trinajstić information content (AvgIpc) is 2.60. The molecular weight excluding hydrogens is 300 g/mol. The van der Waals surface area contributed by atoms with Gasteiger partial charge in [0.05, 0.1) is 0 Å². The molecule has 0 heterocycles. The summed E-state index contributed by atoms with van der Waals surface area (Å²) in [5.74, 6) is 0.106. The van der Waals surface area contributed by atoms with Crippen LogP contribution in [-0.4, -0.2) is 18.4 Å². The van der Waals surface area contributed by atoms with Crippen LogP contribution in [0.4, 0.5) is 5.69 Å². The number of carbonyl (C=O) groups is 2. The maximum atomic E-state index is 12.4. The van der Waals surface area contributed by atoms with Gasteiger partial charge in [-0.15, -0.1) is 0 Å². The molecule has 0 unspecified atom stereocenters. The molecule has 4 heteroatoms. The molecular formula is C20H24N2O2. The Labute approximate surface area is 143 Å². The van der Waals surface area contributed by atoms with Crippen molar-refractivity contribution < 1.29 is 9.59 Å². The Kier molecular flexibility index (Phi) is 6.13. The highest BCUT2D eigenvalue weighted by atomic mass is 16.2. The van der Waals surface area contributed by atoms with Gasteiger partial charge < -0.3 is 10.6 Å². The highest BCUT2D eigenvalue weighted by Gasteiger charge is 2.10. The Bertz CT molecular complexity index is 706. The quantitative estimate of drug-likeness (QED) is 0.847. The fourth-order valence-corrected chi connectivity index (χ4v) is 2.32. The molecule has 2 aromatic rings. The van der Waals surface area contributed by atoms with E-state index in [0.717, 1.165) is 17.7 Å². The number of rotatable bonds is 6. The number of anilines is 1. The van der Waals surface area contributed by atoms with Crippen LogP contribution in [0, 0.1) is 5.92 Å². The third-order valence-corrected chi connectivity index (χ3v) is 3.73. The SMILES string of the molecule is CCc1ccccc1NC(=O)c1ccc(C(=O)NCC(C)C)cc1. The number of nitrogens with one attached hydrogen (secondary N) is 2. The Hall–Kier alpha value is -2.62. The lowest BCUT2D eigenvalue weighted by Crippen LogP contribution is -2.27. The summed E-state index contributed by atoms with van der Waals surface area (Å²) in [6.45, 7) is 6.77. The zero-order valence-electron chi connectivity index (χ0n) is 14.4. The van der Waals surface area contributed by atoms with E-state index < -0.39 is 0 Å². The number of amides is 2. The van der Waals surface area contributed by atoms with Gasteiger partial charge in [0.15, 0.2) is 0 Å². The van der Waals surface area contributed by atoms with Crippen LogP contribution in [0.5, 0.6) is 0 Å². The summed E-state index contributed by atoms with van der Waals surface area (Å²) in [6.07, 6.45) is 0.853. The molecule has 0 radical (unpaired) electrons. The number of hydrogen-bond acceptors (Lipinski definition) is 2. The van der Waals surface area contributed by atoms with Crippen LogP contribution >= 0.6 is 0 Å². The van der Waals surface area contributed by atoms with Gasteiger partial charge >= 0.3 is 0 Å². The van der Waals surface area contributed by atoms with Crippen LogP contribution < -0.4 is 10.6 Å². The fourth-order valence-electron chi connectivity index (χ4n) is 2.32. The van der Waals surface area contributed by atoms with Gasteiger partial charge in [0, 0.05) is 23.4 Å². The monoisotopic (exact) mass is 324 g/mol. The molecule has 0 saturated heterocycles. The lowest BCUT2D eigenvalue weighted by Gasteiger charge is -2.10. The molecule has 126 valence electrons. The summed E-state index contributed by atoms with van der Waals surface area (Å²) in [5, 5.41) is 5.79. The lowest BCUT2D eigenvalue weighted by molar-refractivity contribution is 0.0947. The molecule has 0 saturated carbocycles. The second kappa shape index (κ2) is 8.29. The van der Waals surface area contributed by atoms with Crippen LogP contribution in [0.2, 0.25) is 0 Å². The minimum atomic E-state index is -0.176. The van der Waals surface area contributed by atoms with Crippen LogP contribution in [0.25, 0.3) is 0 Å². The maximum absolute atomic E-state index is 12.4. The highest BCUT2D eigenvalue weighted by molar-refractivity contribution is 6.05. The number of benzene rings is 2. The van der Waals surface area contributed by atoms with Crippen molar-refractivity contribution in [2.45, 2.75) is 27.2 Å². The van der Waals surface area contributed by atoms with E-state index in [9.17, 15) is 9.59 Å². The normalized spacial score (nSPS) is 10.5. The van der Waals surface area contributed by atoms with E-state index in [4.69, 9.17) is 0 Å². The van der Waals surface area contributed by atoms with Gasteiger partial charge in [0.2, 0.25) is 0 Å². The molecule has 2 amide bonds. The first kappa shape index (κ1) is 17.7. The molecule has 0 fully saturated rings. The Balaban J connectivity index is 2.04. The van der Waals surface area contributed by atoms with Gasteiger partial charge in [-0.2, -0.15) is 0 Å². The fraction of sp³-hybridized carbons (Fsp3) is 0.300. The number of carbonyl (C=O) groups excluding carboxylic acids is 2. The summed E-state index contributed by atoms with van der Waals surface area (Å²) in [4.78, 5) is 24.4.